The lowest BCUT2D eigenvalue weighted by Gasteiger charge is -2.10. The Morgan fingerprint density at radius 3 is 2.33 bits per heavy atom. The van der Waals surface area contributed by atoms with E-state index in [-0.39, 0.29) is 24.1 Å². The Balaban J connectivity index is 2.39. The zero-order valence-electron chi connectivity index (χ0n) is 13.3. The number of ether oxygens (including phenoxy) is 2. The highest BCUT2D eigenvalue weighted by molar-refractivity contribution is 5.25. The predicted octanol–water partition coefficient (Wildman–Crippen LogP) is 2.68. The minimum Gasteiger partial charge on any atom is -0.463 e. The van der Waals surface area contributed by atoms with Crippen molar-refractivity contribution >= 4 is 5.95 Å². The number of nitrogens with zero attached hydrogens (tertiary/aromatic N) is 3. The molecule has 7 heteroatoms. The lowest BCUT2D eigenvalue weighted by atomic mass is 10.1. The molecule has 21 heavy (non-hydrogen) atoms. The molecule has 1 aromatic rings. The van der Waals surface area contributed by atoms with Crippen LogP contribution in [-0.4, -0.2) is 27.7 Å². The zero-order valence-corrected chi connectivity index (χ0v) is 13.3. The summed E-state index contributed by atoms with van der Waals surface area (Å²) in [6.07, 6.45) is 7.21. The molecule has 3 N–H and O–H groups in total. The van der Waals surface area contributed by atoms with Gasteiger partial charge in [0.2, 0.25) is 5.95 Å². The van der Waals surface area contributed by atoms with E-state index in [4.69, 9.17) is 15.3 Å². The fraction of sp³-hybridized carbons (Fsp3) is 0.786. The average Bonchev–Trinajstić information content (AvgIpc) is 2.45. The van der Waals surface area contributed by atoms with Gasteiger partial charge in [-0.2, -0.15) is 9.97 Å². The number of nitrogens with one attached hydrogen (secondary N) is 1. The number of hydrazine groups is 1. The zero-order chi connectivity index (χ0) is 15.5. The first kappa shape index (κ1) is 17.4. The molecule has 0 saturated carbocycles. The Morgan fingerprint density at radius 1 is 1.00 bits per heavy atom. The lowest BCUT2D eigenvalue weighted by Crippen LogP contribution is -2.15. The van der Waals surface area contributed by atoms with E-state index in [0.29, 0.717) is 6.61 Å². The number of hydrogen-bond donors (Lipinski definition) is 2. The molecular formula is C14H27N5O2. The molecule has 0 radical (unpaired) electrons. The third kappa shape index (κ3) is 7.65. The van der Waals surface area contributed by atoms with Crippen molar-refractivity contribution in [1.29, 1.82) is 0 Å². The summed E-state index contributed by atoms with van der Waals surface area (Å²) in [5.41, 5.74) is 2.38. The first-order valence-electron chi connectivity index (χ1n) is 7.67. The van der Waals surface area contributed by atoms with Gasteiger partial charge in [0.25, 0.3) is 0 Å². The molecule has 0 spiro atoms. The Labute approximate surface area is 126 Å². The summed E-state index contributed by atoms with van der Waals surface area (Å²) >= 11 is 0. The van der Waals surface area contributed by atoms with Crippen LogP contribution in [0.5, 0.6) is 12.0 Å². The van der Waals surface area contributed by atoms with Crippen LogP contribution in [0, 0.1) is 0 Å². The summed E-state index contributed by atoms with van der Waals surface area (Å²) in [5, 5.41) is 0. The Hall–Kier alpha value is -1.63. The second kappa shape index (κ2) is 10.1. The summed E-state index contributed by atoms with van der Waals surface area (Å²) in [4.78, 5) is 12.2. The fourth-order valence-corrected chi connectivity index (χ4v) is 1.78. The molecule has 0 amide bonds. The van der Waals surface area contributed by atoms with Crippen molar-refractivity contribution in [3.05, 3.63) is 0 Å². The Kier molecular flexibility index (Phi) is 8.42. The molecule has 1 aromatic heterocycles. The van der Waals surface area contributed by atoms with Gasteiger partial charge in [0, 0.05) is 0 Å². The molecule has 0 bridgehead atoms. The number of rotatable bonds is 11. The number of aromatic nitrogens is 3. The van der Waals surface area contributed by atoms with E-state index in [1.807, 2.05) is 13.8 Å². The second-order valence-electron chi connectivity index (χ2n) is 5.15. The van der Waals surface area contributed by atoms with E-state index in [0.717, 1.165) is 12.8 Å². The normalized spacial score (nSPS) is 10.7. The van der Waals surface area contributed by atoms with E-state index in [9.17, 15) is 0 Å². The van der Waals surface area contributed by atoms with E-state index in [2.05, 4.69) is 27.3 Å². The van der Waals surface area contributed by atoms with Crippen LogP contribution in [0.25, 0.3) is 0 Å². The van der Waals surface area contributed by atoms with Gasteiger partial charge in [0.15, 0.2) is 0 Å². The van der Waals surface area contributed by atoms with Gasteiger partial charge in [-0.3, -0.25) is 5.43 Å². The summed E-state index contributed by atoms with van der Waals surface area (Å²) in [5.74, 6) is 5.56. The predicted molar refractivity (Wildman–Crippen MR) is 82.3 cm³/mol. The molecule has 1 heterocycles. The minimum absolute atomic E-state index is 0.0237. The highest BCUT2D eigenvalue weighted by atomic mass is 16.5. The molecular weight excluding hydrogens is 270 g/mol. The van der Waals surface area contributed by atoms with Crippen LogP contribution in [0.2, 0.25) is 0 Å². The van der Waals surface area contributed by atoms with Crippen LogP contribution in [0.4, 0.5) is 5.95 Å². The largest absolute Gasteiger partial charge is 0.463 e. The van der Waals surface area contributed by atoms with E-state index >= 15 is 0 Å². The fourth-order valence-electron chi connectivity index (χ4n) is 1.78. The van der Waals surface area contributed by atoms with Gasteiger partial charge < -0.3 is 9.47 Å². The second-order valence-corrected chi connectivity index (χ2v) is 5.15. The van der Waals surface area contributed by atoms with Crippen LogP contribution < -0.4 is 20.7 Å². The average molecular weight is 297 g/mol. The molecule has 0 fully saturated rings. The third-order valence-electron chi connectivity index (χ3n) is 2.79. The maximum absolute atomic E-state index is 5.54. The number of anilines is 1. The molecule has 1 rings (SSSR count). The molecule has 7 nitrogen and oxygen atoms in total. The maximum atomic E-state index is 5.54. The van der Waals surface area contributed by atoms with Crippen LogP contribution in [0.1, 0.15) is 59.3 Å². The van der Waals surface area contributed by atoms with Gasteiger partial charge in [-0.25, -0.2) is 5.84 Å². The summed E-state index contributed by atoms with van der Waals surface area (Å²) in [6.45, 7) is 6.59. The topological polar surface area (TPSA) is 95.2 Å². The van der Waals surface area contributed by atoms with Crippen molar-refractivity contribution in [3.8, 4) is 12.0 Å². The molecule has 0 aliphatic carbocycles. The molecule has 0 saturated heterocycles. The molecule has 0 aromatic carbocycles. The number of hydrogen-bond acceptors (Lipinski definition) is 7. The van der Waals surface area contributed by atoms with Crippen LogP contribution in [0.3, 0.4) is 0 Å². The summed E-state index contributed by atoms with van der Waals surface area (Å²) in [7, 11) is 0. The molecule has 120 valence electrons. The van der Waals surface area contributed by atoms with Gasteiger partial charge in [0.05, 0.1) is 12.7 Å². The third-order valence-corrected chi connectivity index (χ3v) is 2.79. The van der Waals surface area contributed by atoms with E-state index in [1.165, 1.54) is 25.7 Å². The number of unbranched alkanes of at least 4 members (excludes halogenated alkanes) is 5. The van der Waals surface area contributed by atoms with E-state index < -0.39 is 0 Å². The first-order valence-corrected chi connectivity index (χ1v) is 7.67. The molecule has 0 aliphatic rings. The van der Waals surface area contributed by atoms with Crippen molar-refractivity contribution in [2.24, 2.45) is 5.84 Å². The standard InChI is InChI=1S/C14H27N5O2/c1-4-5-6-7-8-9-10-20-13-16-12(19-15)17-14(18-13)21-11(2)3/h11H,4-10,15H2,1-3H3,(H,16,17,18,19). The highest BCUT2D eigenvalue weighted by Crippen LogP contribution is 2.14. The number of nitrogen functional groups attached to an aromatic ring is 1. The van der Waals surface area contributed by atoms with Crippen LogP contribution in [0.15, 0.2) is 0 Å². The Bertz CT molecular complexity index is 401. The monoisotopic (exact) mass is 297 g/mol. The summed E-state index contributed by atoms with van der Waals surface area (Å²) < 4.78 is 11.0. The highest BCUT2D eigenvalue weighted by Gasteiger charge is 2.09. The van der Waals surface area contributed by atoms with Crippen molar-refractivity contribution in [3.63, 3.8) is 0 Å². The maximum Gasteiger partial charge on any atom is 0.324 e. The van der Waals surface area contributed by atoms with Crippen molar-refractivity contribution in [2.45, 2.75) is 65.4 Å². The molecule has 0 atom stereocenters. The van der Waals surface area contributed by atoms with Gasteiger partial charge in [0.1, 0.15) is 0 Å². The quantitative estimate of drug-likeness (QED) is 0.368. The molecule has 0 aliphatic heterocycles. The van der Waals surface area contributed by atoms with E-state index in [1.54, 1.807) is 0 Å². The van der Waals surface area contributed by atoms with Gasteiger partial charge in [-0.15, -0.1) is 4.98 Å². The van der Waals surface area contributed by atoms with Crippen molar-refractivity contribution in [2.75, 3.05) is 12.0 Å². The van der Waals surface area contributed by atoms with Gasteiger partial charge >= 0.3 is 12.0 Å². The van der Waals surface area contributed by atoms with Gasteiger partial charge in [-0.05, 0) is 20.3 Å². The molecule has 0 unspecified atom stereocenters. The first-order chi connectivity index (χ1) is 10.2. The van der Waals surface area contributed by atoms with Crippen molar-refractivity contribution in [1.82, 2.24) is 15.0 Å². The smallest absolute Gasteiger partial charge is 0.324 e. The Morgan fingerprint density at radius 2 is 1.67 bits per heavy atom. The van der Waals surface area contributed by atoms with Crippen LogP contribution in [-0.2, 0) is 0 Å². The SMILES string of the molecule is CCCCCCCCOc1nc(NN)nc(OC(C)C)n1. The summed E-state index contributed by atoms with van der Waals surface area (Å²) in [6, 6.07) is 0.452. The minimum atomic E-state index is -0.0237. The number of nitrogens with two attached hydrogens (primary N) is 1. The van der Waals surface area contributed by atoms with Crippen molar-refractivity contribution < 1.29 is 9.47 Å². The van der Waals surface area contributed by atoms with Gasteiger partial charge in [-0.1, -0.05) is 39.0 Å². The van der Waals surface area contributed by atoms with Crippen LogP contribution >= 0.6 is 0 Å². The lowest BCUT2D eigenvalue weighted by molar-refractivity contribution is 0.212.